The Morgan fingerprint density at radius 3 is 2.72 bits per heavy atom. The Morgan fingerprint density at radius 1 is 1.40 bits per heavy atom. The molecule has 1 saturated heterocycles. The summed E-state index contributed by atoms with van der Waals surface area (Å²) in [4.78, 5) is 6.18. The van der Waals surface area contributed by atoms with Gasteiger partial charge in [-0.05, 0) is 24.6 Å². The van der Waals surface area contributed by atoms with E-state index in [0.29, 0.717) is 38.0 Å². The second kappa shape index (κ2) is 11.5. The molecule has 25 heavy (non-hydrogen) atoms. The lowest BCUT2D eigenvalue weighted by Gasteiger charge is -2.29. The lowest BCUT2D eigenvalue weighted by Crippen LogP contribution is -2.43. The van der Waals surface area contributed by atoms with Gasteiger partial charge >= 0.3 is 0 Å². The normalized spacial score (nSPS) is 16.2. The molecule has 1 unspecified atom stereocenters. The second-order valence-electron chi connectivity index (χ2n) is 5.81. The largest absolute Gasteiger partial charge is 0.383 e. The molecule has 0 bridgehead atoms. The van der Waals surface area contributed by atoms with Gasteiger partial charge in [-0.25, -0.2) is 4.39 Å². The molecule has 6 nitrogen and oxygen atoms in total. The summed E-state index contributed by atoms with van der Waals surface area (Å²) in [5.74, 6) is 0.462. The Labute approximate surface area is 166 Å². The van der Waals surface area contributed by atoms with Gasteiger partial charge in [-0.3, -0.25) is 4.99 Å². The smallest absolute Gasteiger partial charge is 0.191 e. The molecule has 2 rings (SSSR count). The van der Waals surface area contributed by atoms with Gasteiger partial charge in [-0.2, -0.15) is 0 Å². The zero-order valence-electron chi connectivity index (χ0n) is 15.0. The molecular formula is C17H28FIN4O2. The van der Waals surface area contributed by atoms with Gasteiger partial charge in [-0.1, -0.05) is 6.07 Å². The Morgan fingerprint density at radius 2 is 2.12 bits per heavy atom. The number of hydrogen-bond donors (Lipinski definition) is 2. The first-order valence-electron chi connectivity index (χ1n) is 8.21. The van der Waals surface area contributed by atoms with Crippen LogP contribution in [0.15, 0.2) is 23.2 Å². The fourth-order valence-corrected chi connectivity index (χ4v) is 2.63. The minimum Gasteiger partial charge on any atom is -0.383 e. The summed E-state index contributed by atoms with van der Waals surface area (Å²) in [7, 11) is 3.37. The van der Waals surface area contributed by atoms with Gasteiger partial charge in [-0.15, -0.1) is 24.0 Å². The molecule has 8 heteroatoms. The van der Waals surface area contributed by atoms with Crippen LogP contribution >= 0.6 is 24.0 Å². The maximum Gasteiger partial charge on any atom is 0.191 e. The van der Waals surface area contributed by atoms with E-state index in [9.17, 15) is 4.39 Å². The van der Waals surface area contributed by atoms with Crippen molar-refractivity contribution in [2.45, 2.75) is 19.5 Å². The van der Waals surface area contributed by atoms with E-state index >= 15 is 0 Å². The first-order valence-corrected chi connectivity index (χ1v) is 8.21. The van der Waals surface area contributed by atoms with Gasteiger partial charge in [0.15, 0.2) is 5.96 Å². The minimum absolute atomic E-state index is 0. The molecule has 0 spiro atoms. The van der Waals surface area contributed by atoms with Crippen LogP contribution in [-0.4, -0.2) is 59.1 Å². The van der Waals surface area contributed by atoms with Crippen LogP contribution < -0.4 is 15.5 Å². The summed E-state index contributed by atoms with van der Waals surface area (Å²) in [6, 6.07) is 5.49. The molecule has 0 aromatic heterocycles. The van der Waals surface area contributed by atoms with E-state index in [1.807, 2.05) is 24.0 Å². The Kier molecular flexibility index (Phi) is 10.1. The van der Waals surface area contributed by atoms with Crippen molar-refractivity contribution in [3.63, 3.8) is 0 Å². The van der Waals surface area contributed by atoms with Crippen molar-refractivity contribution in [1.82, 2.24) is 10.6 Å². The van der Waals surface area contributed by atoms with Crippen LogP contribution in [0.1, 0.15) is 12.5 Å². The quantitative estimate of drug-likeness (QED) is 0.382. The van der Waals surface area contributed by atoms with Gasteiger partial charge in [0.2, 0.25) is 0 Å². The zero-order valence-corrected chi connectivity index (χ0v) is 17.4. The predicted molar refractivity (Wildman–Crippen MR) is 110 cm³/mol. The number of guanidine groups is 1. The second-order valence-corrected chi connectivity index (χ2v) is 5.81. The maximum atomic E-state index is 14.4. The van der Waals surface area contributed by atoms with E-state index in [1.54, 1.807) is 20.2 Å². The highest BCUT2D eigenvalue weighted by Gasteiger charge is 2.15. The molecule has 0 radical (unpaired) electrons. The summed E-state index contributed by atoms with van der Waals surface area (Å²) in [5.41, 5.74) is 1.50. The Bertz CT molecular complexity index is 553. The standard InChI is InChI=1S/C17H27FN4O2.HI/c1-13(12-23-3)21-17(19-2)20-11-14-4-5-16(15(18)10-14)22-6-8-24-9-7-22;/h4-5,10,13H,6-9,11-12H2,1-3H3,(H2,19,20,21);1H. The molecule has 1 aromatic rings. The number of hydrogen-bond acceptors (Lipinski definition) is 4. The topological polar surface area (TPSA) is 58.1 Å². The third kappa shape index (κ3) is 6.95. The first-order chi connectivity index (χ1) is 11.6. The van der Waals surface area contributed by atoms with Crippen molar-refractivity contribution in [3.8, 4) is 0 Å². The highest BCUT2D eigenvalue weighted by molar-refractivity contribution is 14.0. The van der Waals surface area contributed by atoms with Crippen LogP contribution in [0.2, 0.25) is 0 Å². The van der Waals surface area contributed by atoms with E-state index in [0.717, 1.165) is 18.7 Å². The van der Waals surface area contributed by atoms with Crippen molar-refractivity contribution >= 4 is 35.6 Å². The molecule has 1 heterocycles. The average Bonchev–Trinajstić information content (AvgIpc) is 2.59. The van der Waals surface area contributed by atoms with Crippen LogP contribution in [0.4, 0.5) is 10.1 Å². The average molecular weight is 466 g/mol. The monoisotopic (exact) mass is 466 g/mol. The van der Waals surface area contributed by atoms with Gasteiger partial charge in [0.1, 0.15) is 5.82 Å². The number of ether oxygens (including phenoxy) is 2. The first kappa shape index (κ1) is 21.9. The fourth-order valence-electron chi connectivity index (χ4n) is 2.63. The lowest BCUT2D eigenvalue weighted by molar-refractivity contribution is 0.122. The lowest BCUT2D eigenvalue weighted by atomic mass is 10.1. The van der Waals surface area contributed by atoms with Gasteiger partial charge < -0.3 is 25.0 Å². The number of morpholine rings is 1. The van der Waals surface area contributed by atoms with Crippen molar-refractivity contribution in [3.05, 3.63) is 29.6 Å². The molecule has 1 fully saturated rings. The number of anilines is 1. The molecule has 0 amide bonds. The summed E-state index contributed by atoms with van der Waals surface area (Å²) in [5, 5.41) is 6.40. The summed E-state index contributed by atoms with van der Waals surface area (Å²) >= 11 is 0. The number of rotatable bonds is 6. The molecule has 1 aliphatic rings. The van der Waals surface area contributed by atoms with Crippen LogP contribution in [0.3, 0.4) is 0 Å². The molecular weight excluding hydrogens is 438 g/mol. The van der Waals surface area contributed by atoms with E-state index in [2.05, 4.69) is 15.6 Å². The van der Waals surface area contributed by atoms with E-state index < -0.39 is 0 Å². The maximum absolute atomic E-state index is 14.4. The predicted octanol–water partition coefficient (Wildman–Crippen LogP) is 1.98. The van der Waals surface area contributed by atoms with Crippen LogP contribution in [0.25, 0.3) is 0 Å². The third-order valence-corrected chi connectivity index (χ3v) is 3.85. The van der Waals surface area contributed by atoms with Crippen LogP contribution in [0, 0.1) is 5.82 Å². The number of halogens is 2. The molecule has 2 N–H and O–H groups in total. The van der Waals surface area contributed by atoms with Crippen molar-refractivity contribution in [2.75, 3.05) is 52.0 Å². The number of aliphatic imine (C=N–C) groups is 1. The van der Waals surface area contributed by atoms with E-state index in [1.165, 1.54) is 0 Å². The van der Waals surface area contributed by atoms with Crippen molar-refractivity contribution in [2.24, 2.45) is 4.99 Å². The molecule has 142 valence electrons. The number of nitrogens with zero attached hydrogens (tertiary/aromatic N) is 2. The van der Waals surface area contributed by atoms with E-state index in [4.69, 9.17) is 9.47 Å². The molecule has 1 aliphatic heterocycles. The third-order valence-electron chi connectivity index (χ3n) is 3.85. The molecule has 1 atom stereocenters. The molecule has 0 saturated carbocycles. The van der Waals surface area contributed by atoms with Gasteiger partial charge in [0.05, 0.1) is 25.5 Å². The van der Waals surface area contributed by atoms with Crippen LogP contribution in [-0.2, 0) is 16.0 Å². The highest BCUT2D eigenvalue weighted by Crippen LogP contribution is 2.21. The number of benzene rings is 1. The van der Waals surface area contributed by atoms with Gasteiger partial charge in [0.25, 0.3) is 0 Å². The minimum atomic E-state index is -0.202. The van der Waals surface area contributed by atoms with Crippen molar-refractivity contribution in [1.29, 1.82) is 0 Å². The SMILES string of the molecule is CN=C(NCc1ccc(N2CCOCC2)c(F)c1)NC(C)COC.I. The van der Waals surface area contributed by atoms with E-state index in [-0.39, 0.29) is 35.8 Å². The summed E-state index contributed by atoms with van der Waals surface area (Å²) in [6.07, 6.45) is 0. The summed E-state index contributed by atoms with van der Waals surface area (Å²) < 4.78 is 24.8. The van der Waals surface area contributed by atoms with Crippen LogP contribution in [0.5, 0.6) is 0 Å². The highest BCUT2D eigenvalue weighted by atomic mass is 127. The number of methoxy groups -OCH3 is 1. The fraction of sp³-hybridized carbons (Fsp3) is 0.588. The number of nitrogens with one attached hydrogen (secondary N) is 2. The molecule has 0 aliphatic carbocycles. The van der Waals surface area contributed by atoms with Gasteiger partial charge in [0, 0.05) is 39.8 Å². The zero-order chi connectivity index (χ0) is 17.4. The Hall–Kier alpha value is -1.13. The molecule has 1 aromatic carbocycles. The van der Waals surface area contributed by atoms with Crippen molar-refractivity contribution < 1.29 is 13.9 Å². The Balaban J connectivity index is 0.00000312. The summed E-state index contributed by atoms with van der Waals surface area (Å²) in [6.45, 7) is 5.83.